The molecule has 0 aliphatic rings. The number of fused-ring (bicyclic) bond motifs is 1. The first-order valence-electron chi connectivity index (χ1n) is 8.98. The van der Waals surface area contributed by atoms with Crippen molar-refractivity contribution in [3.8, 4) is 5.75 Å². The van der Waals surface area contributed by atoms with Crippen LogP contribution >= 0.6 is 11.6 Å². The van der Waals surface area contributed by atoms with Gasteiger partial charge in [-0.15, -0.1) is 4.09 Å². The molecule has 0 fully saturated rings. The quantitative estimate of drug-likeness (QED) is 0.426. The Kier molecular flexibility index (Phi) is 5.34. The molecule has 0 aliphatic heterocycles. The van der Waals surface area contributed by atoms with E-state index in [1.165, 1.54) is 30.5 Å². The molecular weight excluding hydrogens is 442 g/mol. The zero-order valence-corrected chi connectivity index (χ0v) is 18.0. The van der Waals surface area contributed by atoms with Crippen molar-refractivity contribution in [3.63, 3.8) is 0 Å². The Balaban J connectivity index is 1.77. The molecule has 11 heteroatoms. The number of aromatic nitrogens is 4. The summed E-state index contributed by atoms with van der Waals surface area (Å²) >= 11 is 5.84. The van der Waals surface area contributed by atoms with Crippen molar-refractivity contribution < 1.29 is 13.2 Å². The maximum Gasteiger partial charge on any atom is 0.285 e. The van der Waals surface area contributed by atoms with E-state index in [2.05, 4.69) is 15.2 Å². The molecule has 4 aromatic rings. The van der Waals surface area contributed by atoms with Crippen LogP contribution in [0.3, 0.4) is 0 Å². The fourth-order valence-electron chi connectivity index (χ4n) is 2.87. The molecule has 0 radical (unpaired) electrons. The minimum absolute atomic E-state index is 0.0232. The molecule has 2 aromatic heterocycles. The van der Waals surface area contributed by atoms with Gasteiger partial charge in [-0.1, -0.05) is 11.6 Å². The van der Waals surface area contributed by atoms with Crippen molar-refractivity contribution in [3.05, 3.63) is 81.5 Å². The van der Waals surface area contributed by atoms with E-state index in [0.29, 0.717) is 10.8 Å². The molecule has 0 saturated heterocycles. The van der Waals surface area contributed by atoms with Gasteiger partial charge in [0.25, 0.3) is 15.6 Å². The second kappa shape index (κ2) is 7.97. The lowest BCUT2D eigenvalue weighted by Crippen LogP contribution is -2.22. The molecule has 0 N–H and O–H groups in total. The number of hydrogen-bond donors (Lipinski definition) is 0. The van der Waals surface area contributed by atoms with Gasteiger partial charge in [-0.2, -0.15) is 23.3 Å². The third kappa shape index (κ3) is 3.82. The fraction of sp³-hybridized carbons (Fsp3) is 0.100. The molecule has 0 atom stereocenters. The number of methoxy groups -OCH3 is 1. The molecular formula is C20H16ClN5O4S. The molecule has 0 amide bonds. The van der Waals surface area contributed by atoms with E-state index in [-0.39, 0.29) is 21.8 Å². The zero-order chi connectivity index (χ0) is 22.2. The number of benzene rings is 2. The normalized spacial score (nSPS) is 12.0. The van der Waals surface area contributed by atoms with Crippen LogP contribution in [0.4, 0.5) is 0 Å². The monoisotopic (exact) mass is 457 g/mol. The summed E-state index contributed by atoms with van der Waals surface area (Å²) in [6, 6.07) is 12.7. The lowest BCUT2D eigenvalue weighted by Gasteiger charge is -2.07. The average molecular weight is 458 g/mol. The highest BCUT2D eigenvalue weighted by Gasteiger charge is 2.23. The molecule has 0 spiro atoms. The average Bonchev–Trinajstić information content (AvgIpc) is 3.19. The van der Waals surface area contributed by atoms with Crippen molar-refractivity contribution in [1.29, 1.82) is 0 Å². The molecule has 158 valence electrons. The number of nitrogens with zero attached hydrogens (tertiary/aromatic N) is 5. The van der Waals surface area contributed by atoms with E-state index >= 15 is 0 Å². The van der Waals surface area contributed by atoms with Crippen LogP contribution in [-0.4, -0.2) is 40.6 Å². The predicted octanol–water partition coefficient (Wildman–Crippen LogP) is 2.68. The minimum Gasteiger partial charge on any atom is -0.497 e. The van der Waals surface area contributed by atoms with E-state index in [1.54, 1.807) is 38.3 Å². The van der Waals surface area contributed by atoms with Crippen LogP contribution in [0.5, 0.6) is 5.75 Å². The molecule has 31 heavy (non-hydrogen) atoms. The van der Waals surface area contributed by atoms with E-state index in [1.807, 2.05) is 0 Å². The van der Waals surface area contributed by atoms with Gasteiger partial charge in [0.1, 0.15) is 17.0 Å². The summed E-state index contributed by atoms with van der Waals surface area (Å²) in [5.41, 5.74) is 0.131. The van der Waals surface area contributed by atoms with Crippen molar-refractivity contribution >= 4 is 38.9 Å². The summed E-state index contributed by atoms with van der Waals surface area (Å²) in [5.74, 6) is 0.901. The highest BCUT2D eigenvalue weighted by molar-refractivity contribution is 7.90. The summed E-state index contributed by atoms with van der Waals surface area (Å²) in [5, 5.41) is 8.52. The number of ether oxygens (including phenoxy) is 1. The molecule has 4 rings (SSSR count). The third-order valence-corrected chi connectivity index (χ3v) is 6.33. The lowest BCUT2D eigenvalue weighted by atomic mass is 10.2. The van der Waals surface area contributed by atoms with Gasteiger partial charge in [0, 0.05) is 5.02 Å². The number of rotatable bonds is 5. The Morgan fingerprint density at radius 2 is 1.77 bits per heavy atom. The first-order valence-corrected chi connectivity index (χ1v) is 10.8. The van der Waals surface area contributed by atoms with Gasteiger partial charge in [0.05, 0.1) is 24.4 Å². The highest BCUT2D eigenvalue weighted by Crippen LogP contribution is 2.19. The summed E-state index contributed by atoms with van der Waals surface area (Å²) in [7, 11) is -2.49. The van der Waals surface area contributed by atoms with Crippen molar-refractivity contribution in [2.24, 2.45) is 5.10 Å². The molecule has 0 bridgehead atoms. The summed E-state index contributed by atoms with van der Waals surface area (Å²) < 4.78 is 32.9. The van der Waals surface area contributed by atoms with Crippen molar-refractivity contribution in [2.45, 2.75) is 11.8 Å². The topological polar surface area (TPSA) is 108 Å². The van der Waals surface area contributed by atoms with Crippen LogP contribution in [0.25, 0.3) is 11.0 Å². The minimum atomic E-state index is -4.06. The first kappa shape index (κ1) is 20.8. The largest absolute Gasteiger partial charge is 0.497 e. The third-order valence-electron chi connectivity index (χ3n) is 4.49. The second-order valence-electron chi connectivity index (χ2n) is 6.48. The van der Waals surface area contributed by atoms with Crippen molar-refractivity contribution in [1.82, 2.24) is 18.8 Å². The smallest absolute Gasteiger partial charge is 0.285 e. The van der Waals surface area contributed by atoms with E-state index in [4.69, 9.17) is 16.3 Å². The lowest BCUT2D eigenvalue weighted by molar-refractivity contribution is 0.415. The summed E-state index contributed by atoms with van der Waals surface area (Å²) in [4.78, 5) is 17.2. The van der Waals surface area contributed by atoms with Crippen LogP contribution in [0.2, 0.25) is 5.02 Å². The zero-order valence-electron chi connectivity index (χ0n) is 16.4. The predicted molar refractivity (Wildman–Crippen MR) is 117 cm³/mol. The summed E-state index contributed by atoms with van der Waals surface area (Å²) in [6.07, 6.45) is 2.66. The Morgan fingerprint density at radius 3 is 2.42 bits per heavy atom. The Morgan fingerprint density at radius 1 is 1.10 bits per heavy atom. The highest BCUT2D eigenvalue weighted by atomic mass is 35.5. The maximum absolute atomic E-state index is 13.0. The van der Waals surface area contributed by atoms with Gasteiger partial charge < -0.3 is 4.74 Å². The Hall–Kier alpha value is -3.50. The Bertz CT molecular complexity index is 1460. The number of hydrogen-bond acceptors (Lipinski definition) is 7. The summed E-state index contributed by atoms with van der Waals surface area (Å²) in [6.45, 7) is 1.55. The number of halogens is 1. The molecule has 2 aromatic carbocycles. The molecule has 2 heterocycles. The van der Waals surface area contributed by atoms with Gasteiger partial charge in [-0.3, -0.25) is 4.79 Å². The van der Waals surface area contributed by atoms with Gasteiger partial charge in [-0.25, -0.2) is 4.98 Å². The second-order valence-corrected chi connectivity index (χ2v) is 8.68. The standard InChI is InChI=1S/C20H16ClN5O4S/c1-13-24-19-18(12-23-26(19)31(28,29)17-9-5-15(21)6-10-17)20(27)25(13)22-11-14-3-7-16(30-2)8-4-14/h3-12H,1-2H3/b22-11+. The SMILES string of the molecule is COc1ccc(/C=N/n2c(C)nc3c(cnn3S(=O)(=O)c3ccc(Cl)cc3)c2=O)cc1. The van der Waals surface area contributed by atoms with E-state index in [9.17, 15) is 13.2 Å². The van der Waals surface area contributed by atoms with Crippen LogP contribution in [0.1, 0.15) is 11.4 Å². The van der Waals surface area contributed by atoms with E-state index in [0.717, 1.165) is 20.5 Å². The van der Waals surface area contributed by atoms with Crippen LogP contribution in [0, 0.1) is 6.92 Å². The van der Waals surface area contributed by atoms with Gasteiger partial charge in [-0.05, 0) is 61.0 Å². The molecule has 0 aliphatic carbocycles. The van der Waals surface area contributed by atoms with Crippen molar-refractivity contribution in [2.75, 3.05) is 7.11 Å². The molecule has 0 unspecified atom stereocenters. The Labute approximate surface area is 182 Å². The fourth-order valence-corrected chi connectivity index (χ4v) is 4.22. The number of aryl methyl sites for hydroxylation is 1. The molecule has 9 nitrogen and oxygen atoms in total. The van der Waals surface area contributed by atoms with Crippen LogP contribution in [-0.2, 0) is 10.0 Å². The maximum atomic E-state index is 13.0. The van der Waals surface area contributed by atoms with Gasteiger partial charge in [0.2, 0.25) is 0 Å². The van der Waals surface area contributed by atoms with Crippen LogP contribution < -0.4 is 10.3 Å². The first-order chi connectivity index (χ1) is 14.8. The molecule has 0 saturated carbocycles. The van der Waals surface area contributed by atoms with Gasteiger partial charge >= 0.3 is 0 Å². The van der Waals surface area contributed by atoms with Crippen LogP contribution in [0.15, 0.2) is 69.5 Å². The van der Waals surface area contributed by atoms with E-state index < -0.39 is 15.6 Å². The van der Waals surface area contributed by atoms with Gasteiger partial charge in [0.15, 0.2) is 5.65 Å².